The van der Waals surface area contributed by atoms with E-state index in [9.17, 15) is 10.2 Å². The van der Waals surface area contributed by atoms with Crippen LogP contribution in [-0.2, 0) is 0 Å². The van der Waals surface area contributed by atoms with Crippen LogP contribution in [0.3, 0.4) is 0 Å². The maximum absolute atomic E-state index is 10.1. The van der Waals surface area contributed by atoms with E-state index < -0.39 is 5.79 Å². The fourth-order valence-electron chi connectivity index (χ4n) is 2.66. The minimum Gasteiger partial charge on any atom is -0.365 e. The second kappa shape index (κ2) is 9.77. The molecule has 0 aromatic heterocycles. The molecule has 2 N–H and O–H groups in total. The van der Waals surface area contributed by atoms with Gasteiger partial charge in [-0.15, -0.1) is 0 Å². The fourth-order valence-corrected chi connectivity index (χ4v) is 2.66. The lowest BCUT2D eigenvalue weighted by Crippen LogP contribution is -2.43. The Kier molecular flexibility index (Phi) is 9.72. The molecule has 19 heavy (non-hydrogen) atoms. The molecular weight excluding hydrogens is 236 g/mol. The monoisotopic (exact) mass is 272 g/mol. The predicted octanol–water partition coefficient (Wildman–Crippen LogP) is 5.02. The Bertz CT molecular complexity index is 208. The van der Waals surface area contributed by atoms with E-state index >= 15 is 0 Å². The molecule has 1 atom stereocenters. The molecule has 0 fully saturated rings. The van der Waals surface area contributed by atoms with Crippen LogP contribution in [0.25, 0.3) is 0 Å². The summed E-state index contributed by atoms with van der Waals surface area (Å²) in [5, 5.41) is 20.1. The fraction of sp³-hybridized carbons (Fsp3) is 1.00. The quantitative estimate of drug-likeness (QED) is 0.386. The molecule has 0 aliphatic rings. The highest BCUT2D eigenvalue weighted by Crippen LogP contribution is 2.40. The zero-order chi connectivity index (χ0) is 14.8. The van der Waals surface area contributed by atoms with Gasteiger partial charge in [0.2, 0.25) is 0 Å². The largest absolute Gasteiger partial charge is 0.365 e. The molecule has 0 saturated heterocycles. The summed E-state index contributed by atoms with van der Waals surface area (Å²) in [6.07, 6.45) is 12.8. The smallest absolute Gasteiger partial charge is 0.165 e. The van der Waals surface area contributed by atoms with Crippen molar-refractivity contribution in [3.05, 3.63) is 0 Å². The normalized spacial score (nSPS) is 15.5. The van der Waals surface area contributed by atoms with E-state index in [0.717, 1.165) is 25.7 Å². The number of hydrogen-bond acceptors (Lipinski definition) is 2. The van der Waals surface area contributed by atoms with E-state index in [0.29, 0.717) is 0 Å². The lowest BCUT2D eigenvalue weighted by molar-refractivity contribution is -0.230. The first-order valence-electron chi connectivity index (χ1n) is 8.32. The number of unbranched alkanes of at least 4 members (excludes halogenated alkanes) is 7. The van der Waals surface area contributed by atoms with Crippen molar-refractivity contribution in [2.24, 2.45) is 5.41 Å². The third kappa shape index (κ3) is 7.94. The third-order valence-corrected chi connectivity index (χ3v) is 4.56. The summed E-state index contributed by atoms with van der Waals surface area (Å²) < 4.78 is 0. The molecule has 116 valence electrons. The van der Waals surface area contributed by atoms with Crippen molar-refractivity contribution in [2.75, 3.05) is 0 Å². The van der Waals surface area contributed by atoms with Crippen molar-refractivity contribution in [3.63, 3.8) is 0 Å². The first-order valence-corrected chi connectivity index (χ1v) is 8.32. The molecule has 0 radical (unpaired) electrons. The minimum absolute atomic E-state index is 0.354. The number of hydrogen-bond donors (Lipinski definition) is 2. The van der Waals surface area contributed by atoms with Gasteiger partial charge in [0, 0.05) is 5.41 Å². The van der Waals surface area contributed by atoms with Gasteiger partial charge in [-0.3, -0.25) is 0 Å². The van der Waals surface area contributed by atoms with Gasteiger partial charge < -0.3 is 10.2 Å². The molecule has 0 heterocycles. The van der Waals surface area contributed by atoms with Gasteiger partial charge in [-0.2, -0.15) is 0 Å². The second-order valence-corrected chi connectivity index (χ2v) is 6.56. The Labute approximate surface area is 120 Å². The van der Waals surface area contributed by atoms with Crippen molar-refractivity contribution in [1.29, 1.82) is 0 Å². The minimum atomic E-state index is -1.55. The summed E-state index contributed by atoms with van der Waals surface area (Å²) in [6, 6.07) is 0. The van der Waals surface area contributed by atoms with Crippen molar-refractivity contribution in [2.45, 2.75) is 104 Å². The zero-order valence-electron chi connectivity index (χ0n) is 13.7. The summed E-state index contributed by atoms with van der Waals surface area (Å²) in [5.41, 5.74) is -0.354. The highest BCUT2D eigenvalue weighted by Gasteiger charge is 2.40. The first kappa shape index (κ1) is 18.9. The van der Waals surface area contributed by atoms with Crippen LogP contribution in [-0.4, -0.2) is 16.0 Å². The molecule has 0 bridgehead atoms. The van der Waals surface area contributed by atoms with Crippen LogP contribution in [0.1, 0.15) is 98.3 Å². The highest BCUT2D eigenvalue weighted by molar-refractivity contribution is 4.84. The van der Waals surface area contributed by atoms with E-state index in [1.165, 1.54) is 44.9 Å². The summed E-state index contributed by atoms with van der Waals surface area (Å²) >= 11 is 0. The molecule has 2 nitrogen and oxygen atoms in total. The Morgan fingerprint density at radius 2 is 1.00 bits per heavy atom. The van der Waals surface area contributed by atoms with E-state index in [1.807, 2.05) is 6.92 Å². The molecule has 0 amide bonds. The Morgan fingerprint density at radius 3 is 1.37 bits per heavy atom. The van der Waals surface area contributed by atoms with Gasteiger partial charge in [0.1, 0.15) is 0 Å². The SMILES string of the molecule is CCCCCCCC(C)(CCCCCC)C(C)(O)O. The van der Waals surface area contributed by atoms with Gasteiger partial charge in [-0.1, -0.05) is 78.6 Å². The predicted molar refractivity (Wildman–Crippen MR) is 83.1 cm³/mol. The Morgan fingerprint density at radius 1 is 0.632 bits per heavy atom. The van der Waals surface area contributed by atoms with Crippen LogP contribution < -0.4 is 0 Å². The van der Waals surface area contributed by atoms with Crippen molar-refractivity contribution >= 4 is 0 Å². The third-order valence-electron chi connectivity index (χ3n) is 4.56. The molecule has 0 rings (SSSR count). The van der Waals surface area contributed by atoms with E-state index in [1.54, 1.807) is 6.92 Å². The molecule has 0 aromatic carbocycles. The first-order chi connectivity index (χ1) is 8.87. The average molecular weight is 272 g/mol. The van der Waals surface area contributed by atoms with Crippen LogP contribution in [0.15, 0.2) is 0 Å². The van der Waals surface area contributed by atoms with E-state index in [2.05, 4.69) is 13.8 Å². The molecule has 0 aromatic rings. The highest BCUT2D eigenvalue weighted by atomic mass is 16.5. The molecular formula is C17H36O2. The molecule has 2 heteroatoms. The Balaban J connectivity index is 4.13. The summed E-state index contributed by atoms with van der Waals surface area (Å²) in [5.74, 6) is -1.55. The van der Waals surface area contributed by atoms with Crippen LogP contribution in [0, 0.1) is 5.41 Å². The maximum Gasteiger partial charge on any atom is 0.165 e. The van der Waals surface area contributed by atoms with Gasteiger partial charge in [0.15, 0.2) is 5.79 Å². The van der Waals surface area contributed by atoms with E-state index in [4.69, 9.17) is 0 Å². The van der Waals surface area contributed by atoms with Gasteiger partial charge in [0.05, 0.1) is 0 Å². The maximum atomic E-state index is 10.1. The van der Waals surface area contributed by atoms with Gasteiger partial charge in [-0.25, -0.2) is 0 Å². The van der Waals surface area contributed by atoms with Crippen LogP contribution in [0.2, 0.25) is 0 Å². The molecule has 0 saturated carbocycles. The lowest BCUT2D eigenvalue weighted by Gasteiger charge is -2.39. The Hall–Kier alpha value is -0.0800. The van der Waals surface area contributed by atoms with E-state index in [-0.39, 0.29) is 5.41 Å². The molecule has 0 spiro atoms. The number of aliphatic hydroxyl groups is 2. The molecule has 0 aliphatic carbocycles. The summed E-state index contributed by atoms with van der Waals surface area (Å²) in [7, 11) is 0. The topological polar surface area (TPSA) is 40.5 Å². The van der Waals surface area contributed by atoms with Crippen molar-refractivity contribution in [3.8, 4) is 0 Å². The average Bonchev–Trinajstić information content (AvgIpc) is 2.33. The summed E-state index contributed by atoms with van der Waals surface area (Å²) in [4.78, 5) is 0. The molecule has 1 unspecified atom stereocenters. The molecule has 0 aliphatic heterocycles. The van der Waals surface area contributed by atoms with Crippen LogP contribution in [0.4, 0.5) is 0 Å². The van der Waals surface area contributed by atoms with Gasteiger partial charge in [0.25, 0.3) is 0 Å². The zero-order valence-corrected chi connectivity index (χ0v) is 13.7. The van der Waals surface area contributed by atoms with Gasteiger partial charge in [-0.05, 0) is 19.8 Å². The van der Waals surface area contributed by atoms with Crippen LogP contribution in [0.5, 0.6) is 0 Å². The standard InChI is InChI=1S/C17H36O2/c1-5-7-9-11-13-15-16(3,17(4,18)19)14-12-10-8-6-2/h18-19H,5-15H2,1-4H3. The number of rotatable bonds is 12. The summed E-state index contributed by atoms with van der Waals surface area (Å²) in [6.45, 7) is 8.02. The van der Waals surface area contributed by atoms with Crippen LogP contribution >= 0.6 is 0 Å². The van der Waals surface area contributed by atoms with Gasteiger partial charge >= 0.3 is 0 Å². The van der Waals surface area contributed by atoms with Crippen molar-refractivity contribution in [1.82, 2.24) is 0 Å². The van der Waals surface area contributed by atoms with Crippen molar-refractivity contribution < 1.29 is 10.2 Å². The lowest BCUT2D eigenvalue weighted by atomic mass is 9.73. The second-order valence-electron chi connectivity index (χ2n) is 6.56.